The largest absolute Gasteiger partial charge is 0.493 e. The van der Waals surface area contributed by atoms with E-state index in [0.29, 0.717) is 16.5 Å². The molecule has 68 valence electrons. The first-order chi connectivity index (χ1) is 6.24. The van der Waals surface area contributed by atoms with Crippen molar-refractivity contribution in [2.75, 3.05) is 12.8 Å². The number of nitrogens with two attached hydrogens (primary N) is 1. The van der Waals surface area contributed by atoms with Gasteiger partial charge in [-0.1, -0.05) is 11.6 Å². The van der Waals surface area contributed by atoms with Gasteiger partial charge in [-0.2, -0.15) is 0 Å². The zero-order valence-electron chi connectivity index (χ0n) is 7.00. The van der Waals surface area contributed by atoms with E-state index >= 15 is 0 Å². The average molecular weight is 214 g/mol. The predicted molar refractivity (Wildman–Crippen MR) is 57.8 cm³/mol. The number of hydrogen-bond donors (Lipinski definition) is 1. The van der Waals surface area contributed by atoms with E-state index in [1.807, 2.05) is 17.5 Å². The van der Waals surface area contributed by atoms with Gasteiger partial charge >= 0.3 is 0 Å². The minimum Gasteiger partial charge on any atom is -0.493 e. The Kier molecular flexibility index (Phi) is 2.06. The van der Waals surface area contributed by atoms with E-state index in [1.165, 1.54) is 0 Å². The Balaban J connectivity index is 2.87. The number of rotatable bonds is 1. The van der Waals surface area contributed by atoms with Gasteiger partial charge in [-0.25, -0.2) is 0 Å². The van der Waals surface area contributed by atoms with Crippen molar-refractivity contribution in [1.29, 1.82) is 0 Å². The molecule has 2 rings (SSSR count). The number of methoxy groups -OCH3 is 1. The van der Waals surface area contributed by atoms with Crippen LogP contribution >= 0.6 is 22.9 Å². The molecule has 0 spiro atoms. The van der Waals surface area contributed by atoms with Gasteiger partial charge in [-0.05, 0) is 22.9 Å². The van der Waals surface area contributed by atoms with Crippen molar-refractivity contribution >= 4 is 38.7 Å². The fraction of sp³-hybridized carbons (Fsp3) is 0.111. The molecular formula is C9H8ClNOS. The topological polar surface area (TPSA) is 35.2 Å². The zero-order chi connectivity index (χ0) is 9.42. The lowest BCUT2D eigenvalue weighted by molar-refractivity contribution is 0.422. The summed E-state index contributed by atoms with van der Waals surface area (Å²) >= 11 is 7.53. The Hall–Kier alpha value is -0.930. The number of fused-ring (bicyclic) bond motifs is 1. The van der Waals surface area contributed by atoms with Crippen molar-refractivity contribution in [2.45, 2.75) is 0 Å². The number of anilines is 1. The molecular weight excluding hydrogens is 206 g/mol. The molecule has 0 aliphatic rings. The van der Waals surface area contributed by atoms with Crippen LogP contribution in [0, 0.1) is 0 Å². The van der Waals surface area contributed by atoms with E-state index in [9.17, 15) is 0 Å². The number of thiophene rings is 1. The summed E-state index contributed by atoms with van der Waals surface area (Å²) in [6.07, 6.45) is 0. The van der Waals surface area contributed by atoms with Gasteiger partial charge in [0.05, 0.1) is 22.5 Å². The summed E-state index contributed by atoms with van der Waals surface area (Å²) in [6.45, 7) is 0. The maximum atomic E-state index is 5.93. The molecule has 0 saturated carbocycles. The van der Waals surface area contributed by atoms with Crippen molar-refractivity contribution < 1.29 is 4.74 Å². The highest BCUT2D eigenvalue weighted by Gasteiger charge is 2.10. The van der Waals surface area contributed by atoms with Gasteiger partial charge in [0.2, 0.25) is 0 Å². The van der Waals surface area contributed by atoms with Gasteiger partial charge in [0, 0.05) is 0 Å². The van der Waals surface area contributed by atoms with Crippen LogP contribution in [0.2, 0.25) is 5.02 Å². The van der Waals surface area contributed by atoms with Crippen LogP contribution in [-0.2, 0) is 0 Å². The summed E-state index contributed by atoms with van der Waals surface area (Å²) in [5.74, 6) is 0.678. The summed E-state index contributed by atoms with van der Waals surface area (Å²) in [6, 6.07) is 3.85. The normalized spacial score (nSPS) is 10.6. The molecule has 0 radical (unpaired) electrons. The fourth-order valence-corrected chi connectivity index (χ4v) is 2.38. The van der Waals surface area contributed by atoms with Gasteiger partial charge in [-0.3, -0.25) is 0 Å². The Bertz CT molecular complexity index is 452. The molecule has 4 heteroatoms. The van der Waals surface area contributed by atoms with E-state index in [1.54, 1.807) is 18.4 Å². The minimum atomic E-state index is 0.513. The lowest BCUT2D eigenvalue weighted by Gasteiger charge is -2.06. The Labute approximate surface area is 84.9 Å². The van der Waals surface area contributed by atoms with Crippen LogP contribution in [0.4, 0.5) is 5.69 Å². The van der Waals surface area contributed by atoms with E-state index in [-0.39, 0.29) is 0 Å². The lowest BCUT2D eigenvalue weighted by atomic mass is 10.2. The van der Waals surface area contributed by atoms with Crippen molar-refractivity contribution in [3.8, 4) is 5.75 Å². The molecule has 13 heavy (non-hydrogen) atoms. The van der Waals surface area contributed by atoms with E-state index in [0.717, 1.165) is 10.1 Å². The molecule has 0 aliphatic heterocycles. The molecule has 0 saturated heterocycles. The average Bonchev–Trinajstić information content (AvgIpc) is 2.54. The molecule has 0 aliphatic carbocycles. The number of halogens is 1. The highest BCUT2D eigenvalue weighted by Crippen LogP contribution is 2.40. The van der Waals surface area contributed by atoms with E-state index < -0.39 is 0 Å². The van der Waals surface area contributed by atoms with Gasteiger partial charge in [0.15, 0.2) is 5.75 Å². The summed E-state index contributed by atoms with van der Waals surface area (Å²) in [5.41, 5.74) is 6.28. The van der Waals surface area contributed by atoms with Crippen molar-refractivity contribution in [3.05, 3.63) is 22.5 Å². The van der Waals surface area contributed by atoms with Gasteiger partial charge in [0.1, 0.15) is 0 Å². The molecule has 1 heterocycles. The van der Waals surface area contributed by atoms with Crippen LogP contribution in [0.15, 0.2) is 17.5 Å². The van der Waals surface area contributed by atoms with Crippen molar-refractivity contribution in [1.82, 2.24) is 0 Å². The number of benzene rings is 1. The van der Waals surface area contributed by atoms with Crippen molar-refractivity contribution in [3.63, 3.8) is 0 Å². The van der Waals surface area contributed by atoms with Crippen LogP contribution in [0.5, 0.6) is 5.75 Å². The summed E-state index contributed by atoms with van der Waals surface area (Å²) in [7, 11) is 1.60. The number of nitrogen functional groups attached to an aromatic ring is 1. The second-order valence-electron chi connectivity index (χ2n) is 2.64. The third-order valence-corrected chi connectivity index (χ3v) is 3.13. The van der Waals surface area contributed by atoms with Crippen LogP contribution in [0.3, 0.4) is 0 Å². The molecule has 1 aromatic carbocycles. The van der Waals surface area contributed by atoms with Crippen LogP contribution in [-0.4, -0.2) is 7.11 Å². The van der Waals surface area contributed by atoms with Crippen LogP contribution < -0.4 is 10.5 Å². The standard InChI is InChI=1S/C9H8ClNOS/c1-12-8-7(11)6(10)4-5-2-3-13-9(5)8/h2-4H,11H2,1H3. The monoisotopic (exact) mass is 213 g/mol. The van der Waals surface area contributed by atoms with E-state index in [2.05, 4.69) is 0 Å². The van der Waals surface area contributed by atoms with Gasteiger partial charge in [0.25, 0.3) is 0 Å². The van der Waals surface area contributed by atoms with Crippen LogP contribution in [0.1, 0.15) is 0 Å². The Morgan fingerprint density at radius 3 is 3.00 bits per heavy atom. The molecule has 2 aromatic rings. The SMILES string of the molecule is COc1c(N)c(Cl)cc2ccsc12. The van der Waals surface area contributed by atoms with Gasteiger partial charge < -0.3 is 10.5 Å². The number of hydrogen-bond acceptors (Lipinski definition) is 3. The summed E-state index contributed by atoms with van der Waals surface area (Å²) in [4.78, 5) is 0. The molecule has 2 nitrogen and oxygen atoms in total. The highest BCUT2D eigenvalue weighted by molar-refractivity contribution is 7.17. The quantitative estimate of drug-likeness (QED) is 0.739. The predicted octanol–water partition coefficient (Wildman–Crippen LogP) is 3.15. The van der Waals surface area contributed by atoms with Crippen molar-refractivity contribution in [2.24, 2.45) is 0 Å². The maximum absolute atomic E-state index is 5.93. The highest BCUT2D eigenvalue weighted by atomic mass is 35.5. The third-order valence-electron chi connectivity index (χ3n) is 1.89. The minimum absolute atomic E-state index is 0.513. The fourth-order valence-electron chi connectivity index (χ4n) is 1.27. The molecule has 0 unspecified atom stereocenters. The van der Waals surface area contributed by atoms with Crippen LogP contribution in [0.25, 0.3) is 10.1 Å². The first-order valence-electron chi connectivity index (χ1n) is 3.73. The third kappa shape index (κ3) is 1.24. The molecule has 0 fully saturated rings. The van der Waals surface area contributed by atoms with E-state index in [4.69, 9.17) is 22.1 Å². The second-order valence-corrected chi connectivity index (χ2v) is 3.97. The number of ether oxygens (including phenoxy) is 1. The lowest BCUT2D eigenvalue weighted by Crippen LogP contribution is -1.92. The molecule has 2 N–H and O–H groups in total. The Morgan fingerprint density at radius 2 is 2.31 bits per heavy atom. The first kappa shape index (κ1) is 8.66. The zero-order valence-corrected chi connectivity index (χ0v) is 8.58. The Morgan fingerprint density at radius 1 is 1.54 bits per heavy atom. The molecule has 0 bridgehead atoms. The maximum Gasteiger partial charge on any atom is 0.161 e. The molecule has 1 aromatic heterocycles. The summed E-state index contributed by atoms with van der Waals surface area (Å²) in [5, 5.41) is 3.60. The molecule has 0 atom stereocenters. The molecule has 0 amide bonds. The first-order valence-corrected chi connectivity index (χ1v) is 4.99. The second kappa shape index (κ2) is 3.09. The smallest absolute Gasteiger partial charge is 0.161 e. The summed E-state index contributed by atoms with van der Waals surface area (Å²) < 4.78 is 6.24. The van der Waals surface area contributed by atoms with Gasteiger partial charge in [-0.15, -0.1) is 11.3 Å².